The van der Waals surface area contributed by atoms with Crippen LogP contribution in [0.1, 0.15) is 24.0 Å². The van der Waals surface area contributed by atoms with Gasteiger partial charge >= 0.3 is 212 Å². The zero-order chi connectivity index (χ0) is 23.5. The van der Waals surface area contributed by atoms with E-state index in [-0.39, 0.29) is 0 Å². The first kappa shape index (κ1) is 23.1. The van der Waals surface area contributed by atoms with Gasteiger partial charge in [-0.05, 0) is 0 Å². The molecular formula is C31H30BrOP. The van der Waals surface area contributed by atoms with Crippen molar-refractivity contribution in [2.45, 2.75) is 19.3 Å². The normalized spacial score (nSPS) is 17.4. The summed E-state index contributed by atoms with van der Waals surface area (Å²) in [5, 5.41) is 4.37. The van der Waals surface area contributed by atoms with Crippen molar-refractivity contribution in [2.24, 2.45) is 0 Å². The molecule has 34 heavy (non-hydrogen) atoms. The number of hydrogen-bond donors (Lipinski definition) is 0. The van der Waals surface area contributed by atoms with E-state index in [4.69, 9.17) is 4.74 Å². The average Bonchev–Trinajstić information content (AvgIpc) is 2.91. The van der Waals surface area contributed by atoms with Gasteiger partial charge in [-0.15, -0.1) is 0 Å². The Labute approximate surface area is 211 Å². The number of rotatable bonds is 6. The van der Waals surface area contributed by atoms with E-state index in [9.17, 15) is 0 Å². The number of benzene rings is 4. The fourth-order valence-corrected chi connectivity index (χ4v) is 12.3. The Morgan fingerprint density at radius 1 is 0.765 bits per heavy atom. The Morgan fingerprint density at radius 2 is 1.38 bits per heavy atom. The van der Waals surface area contributed by atoms with Crippen LogP contribution in [0.25, 0.3) is 0 Å². The minimum atomic E-state index is -2.72. The third-order valence-corrected chi connectivity index (χ3v) is 14.6. The van der Waals surface area contributed by atoms with Gasteiger partial charge in [0.2, 0.25) is 0 Å². The first-order valence-corrected chi connectivity index (χ1v) is 15.2. The van der Waals surface area contributed by atoms with E-state index in [0.29, 0.717) is 0 Å². The van der Waals surface area contributed by atoms with Crippen molar-refractivity contribution in [1.82, 2.24) is 0 Å². The summed E-state index contributed by atoms with van der Waals surface area (Å²) in [5.74, 6) is 3.48. The van der Waals surface area contributed by atoms with Crippen LogP contribution in [0.5, 0.6) is 5.75 Å². The molecule has 0 amide bonds. The van der Waals surface area contributed by atoms with Crippen LogP contribution < -0.4 is 20.7 Å². The maximum atomic E-state index is 5.36. The van der Waals surface area contributed by atoms with Crippen LogP contribution in [-0.4, -0.2) is 13.3 Å². The second-order valence-corrected chi connectivity index (χ2v) is 15.0. The molecule has 1 nitrogen and oxygen atoms in total. The van der Waals surface area contributed by atoms with Crippen LogP contribution >= 0.6 is 22.5 Å². The molecule has 0 atom stereocenters. The number of halogens is 1. The molecule has 0 saturated carbocycles. The van der Waals surface area contributed by atoms with Crippen LogP contribution in [0.2, 0.25) is 0 Å². The zero-order valence-corrected chi connectivity index (χ0v) is 22.0. The number of allylic oxidation sites excluding steroid dienone is 1. The van der Waals surface area contributed by atoms with Gasteiger partial charge in [-0.1, -0.05) is 0 Å². The summed E-state index contributed by atoms with van der Waals surface area (Å²) < 4.78 is 6.44. The van der Waals surface area contributed by atoms with Gasteiger partial charge in [0.05, 0.1) is 0 Å². The second kappa shape index (κ2) is 9.53. The Morgan fingerprint density at radius 3 is 1.91 bits per heavy atom. The van der Waals surface area contributed by atoms with E-state index < -0.39 is 6.60 Å². The van der Waals surface area contributed by atoms with E-state index in [1.54, 1.807) is 7.11 Å². The summed E-state index contributed by atoms with van der Waals surface area (Å²) in [4.78, 5) is 0. The second-order valence-electron chi connectivity index (χ2n) is 9.10. The molecule has 0 fully saturated rings. The van der Waals surface area contributed by atoms with Gasteiger partial charge in [0.1, 0.15) is 0 Å². The molecule has 0 N–H and O–H groups in total. The topological polar surface area (TPSA) is 9.23 Å². The van der Waals surface area contributed by atoms with E-state index in [1.807, 2.05) is 12.1 Å². The summed E-state index contributed by atoms with van der Waals surface area (Å²) >= 11 is 3.72. The molecule has 0 aliphatic carbocycles. The summed E-state index contributed by atoms with van der Waals surface area (Å²) in [7, 11) is 1.70. The SMILES string of the molecule is COc1ccc(Cc2ccc(P3(c4ccccc4)(c4ccccc4)C=CCCC3)cc2)c(Br)c1. The van der Waals surface area contributed by atoms with Crippen molar-refractivity contribution >= 4 is 38.4 Å². The molecule has 1 heterocycles. The van der Waals surface area contributed by atoms with E-state index >= 15 is 0 Å². The van der Waals surface area contributed by atoms with Gasteiger partial charge < -0.3 is 0 Å². The van der Waals surface area contributed by atoms with Gasteiger partial charge in [0, 0.05) is 0 Å². The molecule has 0 aromatic heterocycles. The molecule has 4 aromatic rings. The fourth-order valence-electron chi connectivity index (χ4n) is 5.52. The quantitative estimate of drug-likeness (QED) is 0.241. The summed E-state index contributed by atoms with van der Waals surface area (Å²) in [5.41, 5.74) is 2.58. The van der Waals surface area contributed by atoms with Crippen LogP contribution in [0.3, 0.4) is 0 Å². The molecule has 0 saturated heterocycles. The zero-order valence-electron chi connectivity index (χ0n) is 19.5. The first-order valence-electron chi connectivity index (χ1n) is 11.9. The molecule has 0 radical (unpaired) electrons. The van der Waals surface area contributed by atoms with Crippen LogP contribution in [0.4, 0.5) is 0 Å². The molecular weight excluding hydrogens is 499 g/mol. The average molecular weight is 529 g/mol. The third kappa shape index (κ3) is 3.84. The van der Waals surface area contributed by atoms with E-state index in [0.717, 1.165) is 23.1 Å². The fraction of sp³-hybridized carbons (Fsp3) is 0.161. The molecule has 1 aliphatic rings. The van der Waals surface area contributed by atoms with Gasteiger partial charge in [-0.3, -0.25) is 0 Å². The number of ether oxygens (including phenoxy) is 1. The van der Waals surface area contributed by atoms with E-state index in [2.05, 4.69) is 119 Å². The van der Waals surface area contributed by atoms with Crippen LogP contribution in [-0.2, 0) is 6.42 Å². The van der Waals surface area contributed by atoms with Crippen LogP contribution in [0.15, 0.2) is 119 Å². The Bertz CT molecular complexity index is 1260. The van der Waals surface area contributed by atoms with Crippen molar-refractivity contribution < 1.29 is 4.74 Å². The number of hydrogen-bond acceptors (Lipinski definition) is 1. The minimum absolute atomic E-state index is 0.871. The van der Waals surface area contributed by atoms with Crippen molar-refractivity contribution in [1.29, 1.82) is 0 Å². The van der Waals surface area contributed by atoms with Gasteiger partial charge in [0.15, 0.2) is 0 Å². The molecule has 0 bridgehead atoms. The number of methoxy groups -OCH3 is 1. The molecule has 5 rings (SSSR count). The standard InChI is InChI=1S/C31H30BrOP/c1-33-27-18-17-26(31(32)24-27)23-25-15-19-30(20-16-25)34(21-9-4-10-22-34,28-11-5-2-6-12-28)29-13-7-3-8-14-29/h2-3,5-9,11-21,24H,4,10,22-23H2,1H3. The summed E-state index contributed by atoms with van der Waals surface area (Å²) in [6, 6.07) is 38.1. The monoisotopic (exact) mass is 528 g/mol. The van der Waals surface area contributed by atoms with Crippen molar-refractivity contribution in [3.8, 4) is 5.75 Å². The summed E-state index contributed by atoms with van der Waals surface area (Å²) in [6.45, 7) is -2.72. The Balaban J connectivity index is 1.64. The maximum absolute atomic E-state index is 5.36. The predicted molar refractivity (Wildman–Crippen MR) is 152 cm³/mol. The van der Waals surface area contributed by atoms with E-state index in [1.165, 1.54) is 39.6 Å². The first-order chi connectivity index (χ1) is 16.6. The summed E-state index contributed by atoms with van der Waals surface area (Å²) in [6.07, 6.45) is 6.86. The molecule has 4 aromatic carbocycles. The van der Waals surface area contributed by atoms with Gasteiger partial charge in [-0.2, -0.15) is 0 Å². The predicted octanol–water partition coefficient (Wildman–Crippen LogP) is 7.19. The molecule has 1 aliphatic heterocycles. The molecule has 0 spiro atoms. The molecule has 3 heteroatoms. The van der Waals surface area contributed by atoms with Gasteiger partial charge in [0.25, 0.3) is 0 Å². The van der Waals surface area contributed by atoms with Crippen molar-refractivity contribution in [3.63, 3.8) is 0 Å². The Hall–Kier alpha value is -2.67. The van der Waals surface area contributed by atoms with Crippen LogP contribution in [0, 0.1) is 0 Å². The molecule has 172 valence electrons. The van der Waals surface area contributed by atoms with Gasteiger partial charge in [-0.25, -0.2) is 0 Å². The third-order valence-electron chi connectivity index (χ3n) is 7.30. The Kier molecular flexibility index (Phi) is 6.47. The van der Waals surface area contributed by atoms with Crippen molar-refractivity contribution in [3.05, 3.63) is 131 Å². The van der Waals surface area contributed by atoms with Crippen molar-refractivity contribution in [2.75, 3.05) is 13.3 Å². The molecule has 0 unspecified atom stereocenters.